The van der Waals surface area contributed by atoms with Crippen molar-refractivity contribution in [1.29, 1.82) is 0 Å². The number of phenols is 1. The number of nitrogens with zero attached hydrogens (tertiary/aromatic N) is 1. The minimum absolute atomic E-state index is 0.0567. The van der Waals surface area contributed by atoms with Crippen LogP contribution in [0.1, 0.15) is 5.56 Å². The predicted octanol–water partition coefficient (Wildman–Crippen LogP) is 4.31. The SMILES string of the molecule is Cc1ccc(S(=O)(=O)N(C)c2ccc(OCC(=O)Nc3cc(Br)ccc3O)cc2)cc1. The molecule has 0 aliphatic rings. The molecule has 0 atom stereocenters. The molecule has 9 heteroatoms. The van der Waals surface area contributed by atoms with Crippen molar-refractivity contribution >= 4 is 43.2 Å². The van der Waals surface area contributed by atoms with Gasteiger partial charge in [-0.05, 0) is 61.5 Å². The summed E-state index contributed by atoms with van der Waals surface area (Å²) in [5.74, 6) is -0.103. The zero-order valence-electron chi connectivity index (χ0n) is 16.9. The van der Waals surface area contributed by atoms with Crippen molar-refractivity contribution in [3.05, 3.63) is 76.8 Å². The minimum atomic E-state index is -3.69. The highest BCUT2D eigenvalue weighted by molar-refractivity contribution is 9.10. The molecule has 0 bridgehead atoms. The molecule has 0 aliphatic heterocycles. The van der Waals surface area contributed by atoms with Gasteiger partial charge in [-0.3, -0.25) is 9.10 Å². The number of carbonyl (C=O) groups excluding carboxylic acids is 1. The molecular formula is C22H21BrN2O5S. The van der Waals surface area contributed by atoms with Crippen LogP contribution in [-0.2, 0) is 14.8 Å². The lowest BCUT2D eigenvalue weighted by Gasteiger charge is -2.20. The van der Waals surface area contributed by atoms with Crippen LogP contribution in [0.4, 0.5) is 11.4 Å². The zero-order valence-corrected chi connectivity index (χ0v) is 19.3. The fourth-order valence-electron chi connectivity index (χ4n) is 2.70. The van der Waals surface area contributed by atoms with Crippen molar-refractivity contribution in [3.8, 4) is 11.5 Å². The second-order valence-electron chi connectivity index (χ2n) is 6.78. The number of carbonyl (C=O) groups is 1. The molecule has 0 saturated carbocycles. The Bertz CT molecular complexity index is 1180. The van der Waals surface area contributed by atoms with Gasteiger partial charge in [0.25, 0.3) is 15.9 Å². The van der Waals surface area contributed by atoms with Crippen molar-refractivity contribution in [1.82, 2.24) is 0 Å². The van der Waals surface area contributed by atoms with Crippen molar-refractivity contribution in [2.75, 3.05) is 23.3 Å². The maximum atomic E-state index is 12.8. The van der Waals surface area contributed by atoms with Gasteiger partial charge in [0.2, 0.25) is 0 Å². The van der Waals surface area contributed by atoms with Crippen LogP contribution in [0.2, 0.25) is 0 Å². The number of rotatable bonds is 7. The van der Waals surface area contributed by atoms with Gasteiger partial charge in [-0.15, -0.1) is 0 Å². The summed E-state index contributed by atoms with van der Waals surface area (Å²) in [5, 5.41) is 12.3. The molecule has 0 radical (unpaired) electrons. The summed E-state index contributed by atoms with van der Waals surface area (Å²) in [6, 6.07) is 17.7. The van der Waals surface area contributed by atoms with Gasteiger partial charge in [0.1, 0.15) is 11.5 Å². The van der Waals surface area contributed by atoms with E-state index in [4.69, 9.17) is 4.74 Å². The molecule has 3 aromatic rings. The Labute approximate surface area is 189 Å². The van der Waals surface area contributed by atoms with E-state index in [-0.39, 0.29) is 22.9 Å². The first-order chi connectivity index (χ1) is 14.7. The first-order valence-electron chi connectivity index (χ1n) is 9.23. The second-order valence-corrected chi connectivity index (χ2v) is 9.66. The maximum Gasteiger partial charge on any atom is 0.264 e. The first-order valence-corrected chi connectivity index (χ1v) is 11.5. The number of anilines is 2. The fourth-order valence-corrected chi connectivity index (χ4v) is 4.26. The van der Waals surface area contributed by atoms with E-state index in [1.54, 1.807) is 60.7 Å². The number of hydrogen-bond donors (Lipinski definition) is 2. The van der Waals surface area contributed by atoms with Gasteiger partial charge in [-0.1, -0.05) is 33.6 Å². The molecule has 3 aromatic carbocycles. The highest BCUT2D eigenvalue weighted by Gasteiger charge is 2.21. The van der Waals surface area contributed by atoms with Crippen LogP contribution >= 0.6 is 15.9 Å². The first kappa shape index (κ1) is 22.6. The lowest BCUT2D eigenvalue weighted by Crippen LogP contribution is -2.26. The average molecular weight is 505 g/mol. The lowest BCUT2D eigenvalue weighted by atomic mass is 10.2. The molecule has 7 nitrogen and oxygen atoms in total. The molecule has 162 valence electrons. The number of hydrogen-bond acceptors (Lipinski definition) is 5. The van der Waals surface area contributed by atoms with Gasteiger partial charge in [0.15, 0.2) is 6.61 Å². The molecule has 0 unspecified atom stereocenters. The third kappa shape index (κ3) is 5.56. The van der Waals surface area contributed by atoms with Crippen molar-refractivity contribution < 1.29 is 23.1 Å². The summed E-state index contributed by atoms with van der Waals surface area (Å²) in [4.78, 5) is 12.3. The minimum Gasteiger partial charge on any atom is -0.506 e. The number of phenolic OH excluding ortho intramolecular Hbond substituents is 1. The Balaban J connectivity index is 1.62. The monoisotopic (exact) mass is 504 g/mol. The number of nitrogens with one attached hydrogen (secondary N) is 1. The average Bonchev–Trinajstić information content (AvgIpc) is 2.75. The molecule has 3 rings (SSSR count). The van der Waals surface area contributed by atoms with Crippen LogP contribution in [0, 0.1) is 6.92 Å². The zero-order chi connectivity index (χ0) is 22.6. The second kappa shape index (κ2) is 9.40. The largest absolute Gasteiger partial charge is 0.506 e. The molecule has 2 N–H and O–H groups in total. The van der Waals surface area contributed by atoms with Crippen LogP contribution in [0.5, 0.6) is 11.5 Å². The van der Waals surface area contributed by atoms with Crippen LogP contribution in [0.25, 0.3) is 0 Å². The molecule has 31 heavy (non-hydrogen) atoms. The summed E-state index contributed by atoms with van der Waals surface area (Å²) < 4.78 is 32.9. The lowest BCUT2D eigenvalue weighted by molar-refractivity contribution is -0.118. The van der Waals surface area contributed by atoms with Crippen molar-refractivity contribution in [2.45, 2.75) is 11.8 Å². The van der Waals surface area contributed by atoms with E-state index in [1.807, 2.05) is 6.92 Å². The van der Waals surface area contributed by atoms with Gasteiger partial charge in [-0.2, -0.15) is 0 Å². The molecule has 0 aromatic heterocycles. The van der Waals surface area contributed by atoms with E-state index < -0.39 is 15.9 Å². The summed E-state index contributed by atoms with van der Waals surface area (Å²) >= 11 is 3.27. The van der Waals surface area contributed by atoms with E-state index >= 15 is 0 Å². The quantitative estimate of drug-likeness (QED) is 0.467. The molecule has 0 saturated heterocycles. The summed E-state index contributed by atoms with van der Waals surface area (Å²) in [6.45, 7) is 1.61. The van der Waals surface area contributed by atoms with Gasteiger partial charge < -0.3 is 15.2 Å². The number of benzene rings is 3. The topological polar surface area (TPSA) is 95.9 Å². The summed E-state index contributed by atoms with van der Waals surface area (Å²) in [5.41, 5.74) is 1.69. The Morgan fingerprint density at radius 2 is 1.71 bits per heavy atom. The van der Waals surface area contributed by atoms with Crippen LogP contribution in [0.3, 0.4) is 0 Å². The van der Waals surface area contributed by atoms with E-state index in [1.165, 1.54) is 17.4 Å². The Hall–Kier alpha value is -3.04. The van der Waals surface area contributed by atoms with Crippen molar-refractivity contribution in [2.24, 2.45) is 0 Å². The van der Waals surface area contributed by atoms with E-state index in [2.05, 4.69) is 21.2 Å². The number of halogens is 1. The number of amides is 1. The van der Waals surface area contributed by atoms with Crippen LogP contribution < -0.4 is 14.4 Å². The number of aromatic hydroxyl groups is 1. The van der Waals surface area contributed by atoms with Gasteiger partial charge >= 0.3 is 0 Å². The Morgan fingerprint density at radius 3 is 2.35 bits per heavy atom. The highest BCUT2D eigenvalue weighted by atomic mass is 79.9. The smallest absolute Gasteiger partial charge is 0.264 e. The summed E-state index contributed by atoms with van der Waals surface area (Å²) in [7, 11) is -2.21. The standard InChI is InChI=1S/C22H21BrN2O5S/c1-15-3-10-19(11-4-15)31(28,29)25(2)17-6-8-18(9-7-17)30-14-22(27)24-20-13-16(23)5-12-21(20)26/h3-13,26H,14H2,1-2H3,(H,24,27). The molecule has 0 heterocycles. The molecule has 1 amide bonds. The third-order valence-corrected chi connectivity index (χ3v) is 6.78. The number of sulfonamides is 1. The Kier molecular flexibility index (Phi) is 6.87. The maximum absolute atomic E-state index is 12.8. The van der Waals surface area contributed by atoms with Crippen molar-refractivity contribution in [3.63, 3.8) is 0 Å². The number of aryl methyl sites for hydroxylation is 1. The van der Waals surface area contributed by atoms with Crippen LogP contribution in [0.15, 0.2) is 76.1 Å². The molecular weight excluding hydrogens is 484 g/mol. The fraction of sp³-hybridized carbons (Fsp3) is 0.136. The van der Waals surface area contributed by atoms with Gasteiger partial charge in [-0.25, -0.2) is 8.42 Å². The predicted molar refractivity (Wildman–Crippen MR) is 123 cm³/mol. The van der Waals surface area contributed by atoms with E-state index in [0.29, 0.717) is 15.9 Å². The molecule has 0 aliphatic carbocycles. The molecule has 0 spiro atoms. The third-order valence-electron chi connectivity index (χ3n) is 4.48. The van der Waals surface area contributed by atoms with Crippen LogP contribution in [-0.4, -0.2) is 33.1 Å². The Morgan fingerprint density at radius 1 is 1.06 bits per heavy atom. The van der Waals surface area contributed by atoms with E-state index in [9.17, 15) is 18.3 Å². The summed E-state index contributed by atoms with van der Waals surface area (Å²) in [6.07, 6.45) is 0. The van der Waals surface area contributed by atoms with Gasteiger partial charge in [0.05, 0.1) is 16.3 Å². The van der Waals surface area contributed by atoms with E-state index in [0.717, 1.165) is 5.56 Å². The highest BCUT2D eigenvalue weighted by Crippen LogP contribution is 2.27. The number of ether oxygens (including phenoxy) is 1. The molecule has 0 fully saturated rings. The normalized spacial score (nSPS) is 11.1. The van der Waals surface area contributed by atoms with Gasteiger partial charge in [0, 0.05) is 11.5 Å².